The molecule has 608 valence electrons. The molecule has 0 amide bonds. The fourth-order valence-corrected chi connectivity index (χ4v) is 29.9. The second-order valence-electron chi connectivity index (χ2n) is 40.4. The van der Waals surface area contributed by atoms with E-state index in [-0.39, 0.29) is 5.41 Å². The molecule has 4 aliphatic carbocycles. The van der Waals surface area contributed by atoms with Gasteiger partial charge in [0.15, 0.2) is 0 Å². The maximum absolute atomic E-state index is 2.74. The van der Waals surface area contributed by atoms with Crippen LogP contribution in [0.5, 0.6) is 0 Å². The third-order valence-electron chi connectivity index (χ3n) is 34.5. The van der Waals surface area contributed by atoms with Gasteiger partial charge in [0.1, 0.15) is 0 Å². The van der Waals surface area contributed by atoms with Gasteiger partial charge in [-0.15, -0.1) is 0 Å². The third-order valence-corrected chi connectivity index (χ3v) is 34.5. The van der Waals surface area contributed by atoms with E-state index < -0.39 is 10.8 Å². The summed E-state index contributed by atoms with van der Waals surface area (Å²) < 4.78 is 15.7. The van der Waals surface area contributed by atoms with Gasteiger partial charge >= 0.3 is 0 Å². The Labute approximate surface area is 756 Å². The molecule has 36 rings (SSSR count). The average Bonchev–Trinajstić information content (AvgIpc) is 1.47. The van der Waals surface area contributed by atoms with Crippen molar-refractivity contribution in [3.63, 3.8) is 0 Å². The lowest BCUT2D eigenvalue weighted by Gasteiger charge is -2.33. The molecule has 0 aliphatic heterocycles. The molecular formula is C127H70N6. The van der Waals surface area contributed by atoms with Crippen LogP contribution in [0.2, 0.25) is 0 Å². The molecule has 133 heavy (non-hydrogen) atoms. The van der Waals surface area contributed by atoms with E-state index >= 15 is 0 Å². The Morgan fingerprint density at radius 2 is 0.489 bits per heavy atom. The highest BCUT2D eigenvalue weighted by atomic mass is 15.0. The van der Waals surface area contributed by atoms with Crippen LogP contribution in [-0.2, 0) is 22.7 Å². The molecule has 6 nitrogen and oxygen atoms in total. The van der Waals surface area contributed by atoms with Crippen LogP contribution in [0.1, 0.15) is 70.8 Å². The summed E-state index contributed by atoms with van der Waals surface area (Å²) in [5.41, 5.74) is 46.6. The van der Waals surface area contributed by atoms with Gasteiger partial charge in [-0.1, -0.05) is 282 Å². The van der Waals surface area contributed by atoms with E-state index in [4.69, 9.17) is 0 Å². The molecular weight excluding hydrogens is 1610 g/mol. The Kier molecular flexibility index (Phi) is 11.1. The summed E-state index contributed by atoms with van der Waals surface area (Å²) in [6.45, 7) is 7.64. The predicted molar refractivity (Wildman–Crippen MR) is 556 cm³/mol. The van der Waals surface area contributed by atoms with Crippen molar-refractivity contribution < 1.29 is 0 Å². The van der Waals surface area contributed by atoms with Crippen molar-refractivity contribution >= 4 is 229 Å². The van der Waals surface area contributed by atoms with Crippen molar-refractivity contribution in [1.29, 1.82) is 0 Å². The van der Waals surface area contributed by atoms with Gasteiger partial charge in [0, 0.05) is 140 Å². The minimum Gasteiger partial charge on any atom is -0.308 e. The quantitative estimate of drug-likeness (QED) is 0.169. The minimum absolute atomic E-state index is 0.297. The molecule has 0 fully saturated rings. The predicted octanol–water partition coefficient (Wildman–Crippen LogP) is 32.4. The normalized spacial score (nSPS) is 14.9. The fraction of sp³-hybridized carbons (Fsp3) is 0.0551. The number of rotatable bonds is 3. The van der Waals surface area contributed by atoms with Crippen LogP contribution in [0.4, 0.5) is 0 Å². The number of aromatic nitrogens is 6. The molecule has 32 aromatic rings. The second kappa shape index (κ2) is 21.9. The molecule has 0 unspecified atom stereocenters. The second-order valence-corrected chi connectivity index (χ2v) is 40.4. The molecule has 12 heterocycles. The van der Waals surface area contributed by atoms with E-state index in [1.165, 1.54) is 334 Å². The largest absolute Gasteiger partial charge is 0.308 e. The van der Waals surface area contributed by atoms with Gasteiger partial charge < -0.3 is 26.4 Å². The molecule has 4 aliphatic rings. The van der Waals surface area contributed by atoms with E-state index in [1.54, 1.807) is 0 Å². The monoisotopic (exact) mass is 1680 g/mol. The first-order chi connectivity index (χ1) is 65.7. The van der Waals surface area contributed by atoms with E-state index in [2.05, 4.69) is 405 Å². The SMILES string of the molecule is CC1(C)c2c(ccc3c2c2cccc4c5ccccc5n3c42)-c2ccc3c(c21)c1cccc2c4cc(-c5ccc6c(c5)c5cccc7c8c9c(c(CC%10(C)c%11cc%12c%13cccc%14c%15ccccc%15n(c%12cc%11-c%11cc%12c(cc%11%10)c%10cccc%11c%15ccccc%15n%12c%11%10)c%14%13)cc8n6c57)-c5ccc6c(c5C95c7ccccc7-c7ccccc75)c5cccc7c8ccccc8n6c75)ccc4n3c21. The molecule has 20 aromatic carbocycles. The van der Waals surface area contributed by atoms with Crippen LogP contribution in [-0.4, -0.2) is 26.4 Å². The first-order valence-electron chi connectivity index (χ1n) is 47.3. The van der Waals surface area contributed by atoms with Gasteiger partial charge in [-0.05, 0) is 209 Å². The van der Waals surface area contributed by atoms with Crippen LogP contribution in [0.3, 0.4) is 0 Å². The minimum atomic E-state index is -0.785. The van der Waals surface area contributed by atoms with Crippen molar-refractivity contribution in [3.8, 4) is 55.6 Å². The standard InChI is InChI=1S/C127H70N6/c1-125(2)115-73(48-53-104-111(115)84-36-18-30-77-71-26-6-12-42-98(71)128(104)121(77)84)74-49-54-105-112(116(74)125)85-37-20-34-79-90-56-64(46-51-102(90)130(105)123(79)85)65-47-52-103-91(57-65)80-35-21-39-87-114-109(133(103)124(80)87)58-66(110-83-50-55-106-113(86-38-19-31-78-72-27-7-13-43-99(72)129(106)122(78)86)117(83)127(118(110)114)94-40-10-4-22-67(94)68-23-5-11-41-95(68)127)63-126(3)96-59-92-81-32-16-28-75-69-24-8-14-44-100(69)131(119(75)81)107(92)61-88(96)89-62-108-93(60-97(89)126)82-33-17-29-76-70-25-9-15-45-101(70)132(108)120(76)82/h4-62H,63H2,1-3H3. The summed E-state index contributed by atoms with van der Waals surface area (Å²) >= 11 is 0. The van der Waals surface area contributed by atoms with Crippen LogP contribution in [0.15, 0.2) is 358 Å². The van der Waals surface area contributed by atoms with Gasteiger partial charge in [-0.25, -0.2) is 0 Å². The number of fused-ring (bicyclic) bond motifs is 56. The summed E-state index contributed by atoms with van der Waals surface area (Å²) in [7, 11) is 0. The lowest BCUT2D eigenvalue weighted by molar-refractivity contribution is 0.585. The first-order valence-corrected chi connectivity index (χ1v) is 47.3. The van der Waals surface area contributed by atoms with Crippen molar-refractivity contribution in [2.24, 2.45) is 0 Å². The van der Waals surface area contributed by atoms with Crippen molar-refractivity contribution in [3.05, 3.63) is 408 Å². The van der Waals surface area contributed by atoms with Crippen LogP contribution in [0, 0.1) is 0 Å². The summed E-state index contributed by atoms with van der Waals surface area (Å²) in [6, 6.07) is 141. The highest BCUT2D eigenvalue weighted by Gasteiger charge is 2.56. The Morgan fingerprint density at radius 1 is 0.188 bits per heavy atom. The molecule has 6 heteroatoms. The smallest absolute Gasteiger partial charge is 0.0739 e. The Balaban J connectivity index is 0.609. The Morgan fingerprint density at radius 3 is 0.902 bits per heavy atom. The van der Waals surface area contributed by atoms with Crippen molar-refractivity contribution in [2.75, 3.05) is 0 Å². The Bertz CT molecular complexity index is 11000. The topological polar surface area (TPSA) is 26.5 Å². The zero-order valence-electron chi connectivity index (χ0n) is 72.5. The van der Waals surface area contributed by atoms with E-state index in [0.717, 1.165) is 0 Å². The number of nitrogens with zero attached hydrogens (tertiary/aromatic N) is 6. The average molecular weight is 1680 g/mol. The van der Waals surface area contributed by atoms with E-state index in [9.17, 15) is 0 Å². The summed E-state index contributed by atoms with van der Waals surface area (Å²) in [4.78, 5) is 0. The molecule has 0 radical (unpaired) electrons. The lowest BCUT2D eigenvalue weighted by Crippen LogP contribution is -2.27. The maximum atomic E-state index is 2.74. The molecule has 1 spiro atoms. The third kappa shape index (κ3) is 7.12. The lowest BCUT2D eigenvalue weighted by atomic mass is 9.68. The highest BCUT2D eigenvalue weighted by Crippen LogP contribution is 2.70. The van der Waals surface area contributed by atoms with Crippen LogP contribution < -0.4 is 0 Å². The molecule has 12 aromatic heterocycles. The fourth-order valence-electron chi connectivity index (χ4n) is 29.9. The van der Waals surface area contributed by atoms with Crippen molar-refractivity contribution in [1.82, 2.24) is 26.4 Å². The van der Waals surface area contributed by atoms with Gasteiger partial charge in [0.05, 0.1) is 105 Å². The zero-order chi connectivity index (χ0) is 85.6. The van der Waals surface area contributed by atoms with Gasteiger partial charge in [0.2, 0.25) is 0 Å². The molecule has 0 atom stereocenters. The molecule has 0 saturated carbocycles. The van der Waals surface area contributed by atoms with Gasteiger partial charge in [-0.3, -0.25) is 0 Å². The number of hydrogen-bond acceptors (Lipinski definition) is 0. The molecule has 0 bridgehead atoms. The number of hydrogen-bond donors (Lipinski definition) is 0. The Hall–Kier alpha value is -16.8. The van der Waals surface area contributed by atoms with E-state index in [0.29, 0.717) is 6.42 Å². The number of benzene rings is 20. The number of para-hydroxylation sites is 10. The van der Waals surface area contributed by atoms with Gasteiger partial charge in [-0.2, -0.15) is 0 Å². The molecule has 0 N–H and O–H groups in total. The zero-order valence-corrected chi connectivity index (χ0v) is 72.5. The summed E-state index contributed by atoms with van der Waals surface area (Å²) in [6.07, 6.45) is 0.714. The first kappa shape index (κ1) is 67.5. The molecule has 0 saturated heterocycles. The van der Waals surface area contributed by atoms with E-state index in [1.807, 2.05) is 0 Å². The van der Waals surface area contributed by atoms with Crippen LogP contribution in [0.25, 0.3) is 284 Å². The van der Waals surface area contributed by atoms with Crippen LogP contribution >= 0.6 is 0 Å². The summed E-state index contributed by atoms with van der Waals surface area (Å²) in [5, 5.41) is 31.3. The van der Waals surface area contributed by atoms with Gasteiger partial charge in [0.25, 0.3) is 0 Å². The van der Waals surface area contributed by atoms with Crippen molar-refractivity contribution in [2.45, 2.75) is 43.4 Å². The maximum Gasteiger partial charge on any atom is 0.0739 e. The summed E-state index contributed by atoms with van der Waals surface area (Å²) in [5.74, 6) is 0. The highest BCUT2D eigenvalue weighted by molar-refractivity contribution is 6.34.